The number of hydrogen-bond donors (Lipinski definition) is 1. The van der Waals surface area contributed by atoms with Crippen molar-refractivity contribution in [2.24, 2.45) is 0 Å². The third-order valence-corrected chi connectivity index (χ3v) is 5.84. The molecule has 1 aliphatic rings. The number of carbonyl (C=O) groups is 2. The number of ether oxygens (including phenoxy) is 1. The Morgan fingerprint density at radius 3 is 2.39 bits per heavy atom. The molecule has 0 spiro atoms. The Labute approximate surface area is 217 Å². The van der Waals surface area contributed by atoms with Gasteiger partial charge in [0.1, 0.15) is 6.29 Å². The molecule has 2 aromatic rings. The lowest BCUT2D eigenvalue weighted by atomic mass is 10.1. The minimum absolute atomic E-state index is 0.0572. The van der Waals surface area contributed by atoms with Crippen molar-refractivity contribution in [2.75, 3.05) is 25.0 Å². The molecule has 2 atom stereocenters. The Kier molecular flexibility index (Phi) is 13.9. The third-order valence-electron chi connectivity index (χ3n) is 5.84. The van der Waals surface area contributed by atoms with Gasteiger partial charge in [-0.3, -0.25) is 9.28 Å². The molecule has 0 aromatic heterocycles. The van der Waals surface area contributed by atoms with E-state index in [4.69, 9.17) is 4.74 Å². The van der Waals surface area contributed by atoms with Crippen LogP contribution in [0.15, 0.2) is 73.0 Å². The van der Waals surface area contributed by atoms with Crippen LogP contribution in [0.1, 0.15) is 53.0 Å². The van der Waals surface area contributed by atoms with E-state index in [1.165, 1.54) is 5.56 Å². The molecule has 2 aromatic carbocycles. The second-order valence-corrected chi connectivity index (χ2v) is 7.97. The maximum Gasteiger partial charge on any atom is 0.309 e. The van der Waals surface area contributed by atoms with Gasteiger partial charge in [-0.25, -0.2) is 0 Å². The van der Waals surface area contributed by atoms with E-state index >= 15 is 0 Å². The van der Waals surface area contributed by atoms with Crippen molar-refractivity contribution in [1.82, 2.24) is 4.48 Å². The lowest BCUT2D eigenvalue weighted by Gasteiger charge is -2.31. The predicted octanol–water partition coefficient (Wildman–Crippen LogP) is 6.60. The number of fused-ring (bicyclic) bond motifs is 1. The van der Waals surface area contributed by atoms with Gasteiger partial charge in [-0.1, -0.05) is 71.0 Å². The van der Waals surface area contributed by atoms with Gasteiger partial charge in [0.15, 0.2) is 11.4 Å². The minimum atomic E-state index is -0.822. The van der Waals surface area contributed by atoms with Crippen LogP contribution in [0.2, 0.25) is 0 Å². The van der Waals surface area contributed by atoms with Gasteiger partial charge in [0.25, 0.3) is 6.23 Å². The molecule has 0 saturated heterocycles. The number of para-hydroxylation sites is 3. The maximum atomic E-state index is 11.2. The van der Waals surface area contributed by atoms with E-state index in [9.17, 15) is 14.7 Å². The van der Waals surface area contributed by atoms with Crippen LogP contribution < -0.4 is 14.1 Å². The molecule has 1 N–H and O–H groups in total. The quantitative estimate of drug-likeness (QED) is 0.216. The van der Waals surface area contributed by atoms with Crippen molar-refractivity contribution in [1.29, 1.82) is 0 Å². The van der Waals surface area contributed by atoms with Crippen LogP contribution in [0.4, 0.5) is 11.4 Å². The number of carboxylic acid groups (broad SMARTS) is 1. The van der Waals surface area contributed by atoms with Crippen molar-refractivity contribution >= 4 is 23.6 Å². The number of quaternary nitrogens is 1. The highest BCUT2D eigenvalue weighted by Crippen LogP contribution is 2.42. The SMILES string of the molecule is CC.CC.CCc1ccccc1N(/C=C\C=C\C1Oc2ccccc2[N+]1(C)CCC(=O)O)CCC=O. The summed E-state index contributed by atoms with van der Waals surface area (Å²) < 4.78 is 6.52. The van der Waals surface area contributed by atoms with Gasteiger partial charge in [-0.05, 0) is 30.2 Å². The smallest absolute Gasteiger partial charge is 0.309 e. The molecule has 36 heavy (non-hydrogen) atoms. The summed E-state index contributed by atoms with van der Waals surface area (Å²) in [5.41, 5.74) is 3.30. The summed E-state index contributed by atoms with van der Waals surface area (Å²) in [5, 5.41) is 9.21. The summed E-state index contributed by atoms with van der Waals surface area (Å²) in [7, 11) is 2.00. The van der Waals surface area contributed by atoms with Crippen molar-refractivity contribution in [3.8, 4) is 5.75 Å². The highest BCUT2D eigenvalue weighted by molar-refractivity contribution is 5.68. The van der Waals surface area contributed by atoms with E-state index in [0.29, 0.717) is 24.0 Å². The topological polar surface area (TPSA) is 66.8 Å². The number of rotatable bonds is 11. The molecule has 0 aliphatic carbocycles. The number of carboxylic acids is 1. The molecule has 0 amide bonds. The molecule has 2 unspecified atom stereocenters. The molecule has 6 nitrogen and oxygen atoms in total. The highest BCUT2D eigenvalue weighted by atomic mass is 16.5. The first-order valence-corrected chi connectivity index (χ1v) is 13.0. The van der Waals surface area contributed by atoms with Gasteiger partial charge in [-0.2, -0.15) is 0 Å². The molecule has 0 radical (unpaired) electrons. The zero-order valence-electron chi connectivity index (χ0n) is 22.7. The number of benzene rings is 2. The third kappa shape index (κ3) is 8.09. The maximum absolute atomic E-state index is 11.2. The fourth-order valence-corrected chi connectivity index (χ4v) is 4.04. The van der Waals surface area contributed by atoms with Crippen LogP contribution in [-0.4, -0.2) is 43.7 Å². The first-order chi connectivity index (χ1) is 17.5. The lowest BCUT2D eigenvalue weighted by Crippen LogP contribution is -2.52. The van der Waals surface area contributed by atoms with E-state index < -0.39 is 5.97 Å². The van der Waals surface area contributed by atoms with Crippen LogP contribution in [0.5, 0.6) is 5.75 Å². The molecule has 1 aliphatic heterocycles. The zero-order chi connectivity index (χ0) is 27.0. The zero-order valence-corrected chi connectivity index (χ0v) is 22.7. The number of likely N-dealkylation sites (N-methyl/N-ethyl adjacent to an activating group) is 1. The second kappa shape index (κ2) is 16.3. The summed E-state index contributed by atoms with van der Waals surface area (Å²) in [4.78, 5) is 24.3. The lowest BCUT2D eigenvalue weighted by molar-refractivity contribution is -0.137. The molecular formula is C30H43N2O4+. The Morgan fingerprint density at radius 2 is 1.72 bits per heavy atom. The van der Waals surface area contributed by atoms with E-state index in [-0.39, 0.29) is 12.6 Å². The summed E-state index contributed by atoms with van der Waals surface area (Å²) in [6.07, 6.45) is 9.81. The van der Waals surface area contributed by atoms with Crippen molar-refractivity contribution < 1.29 is 19.4 Å². The summed E-state index contributed by atoms with van der Waals surface area (Å²) in [6, 6.07) is 16.0. The first kappa shape index (κ1) is 30.7. The largest absolute Gasteiger partial charge is 0.481 e. The predicted molar refractivity (Wildman–Crippen MR) is 151 cm³/mol. The molecule has 0 saturated carbocycles. The van der Waals surface area contributed by atoms with E-state index in [2.05, 4.69) is 24.0 Å². The minimum Gasteiger partial charge on any atom is -0.481 e. The number of aliphatic carboxylic acids is 1. The molecule has 196 valence electrons. The van der Waals surface area contributed by atoms with Gasteiger partial charge >= 0.3 is 5.97 Å². The van der Waals surface area contributed by atoms with E-state index in [0.717, 1.165) is 29.8 Å². The number of aldehydes is 1. The van der Waals surface area contributed by atoms with Crippen LogP contribution >= 0.6 is 0 Å². The van der Waals surface area contributed by atoms with Crippen molar-refractivity contribution in [3.63, 3.8) is 0 Å². The van der Waals surface area contributed by atoms with Crippen LogP contribution in [0, 0.1) is 0 Å². The first-order valence-electron chi connectivity index (χ1n) is 13.0. The van der Waals surface area contributed by atoms with Crippen molar-refractivity contribution in [2.45, 2.75) is 60.1 Å². The van der Waals surface area contributed by atoms with Gasteiger partial charge in [0.05, 0.1) is 20.0 Å². The van der Waals surface area contributed by atoms with E-state index in [1.807, 2.05) is 95.6 Å². The van der Waals surface area contributed by atoms with Crippen LogP contribution in [-0.2, 0) is 16.0 Å². The van der Waals surface area contributed by atoms with Crippen molar-refractivity contribution in [3.05, 3.63) is 78.5 Å². The fraction of sp³-hybridized carbons (Fsp3) is 0.400. The van der Waals surface area contributed by atoms with Gasteiger partial charge in [0, 0.05) is 37.0 Å². The standard InChI is InChI=1S/C26H30N2O4.2C2H6/c1-3-21-11-4-5-12-22(21)27(18-10-20-29)17-9-8-15-25-28(2,19-16-26(30)31)23-13-6-7-14-24(23)32-25;2*1-2/h4-9,11-15,17,20,25H,3,10,16,18-19H2,1-2H3;2*1-2H3/p+1/b15-8+,17-9-;;. The van der Waals surface area contributed by atoms with Gasteiger partial charge < -0.3 is 19.5 Å². The van der Waals surface area contributed by atoms with Gasteiger partial charge in [0.2, 0.25) is 0 Å². The number of hydrogen-bond acceptors (Lipinski definition) is 4. The Morgan fingerprint density at radius 1 is 1.06 bits per heavy atom. The normalized spacial score (nSPS) is 17.9. The highest BCUT2D eigenvalue weighted by Gasteiger charge is 2.43. The number of allylic oxidation sites excluding steroid dienone is 2. The average Bonchev–Trinajstić information content (AvgIpc) is 3.21. The average molecular weight is 496 g/mol. The second-order valence-electron chi connectivity index (χ2n) is 7.97. The summed E-state index contributed by atoms with van der Waals surface area (Å²) in [6.45, 7) is 11.1. The Bertz CT molecular complexity index is 1000. The number of nitrogens with zero attached hydrogens (tertiary/aromatic N) is 2. The molecule has 6 heteroatoms. The molecule has 0 bridgehead atoms. The number of carbonyl (C=O) groups excluding carboxylic acids is 1. The fourth-order valence-electron chi connectivity index (χ4n) is 4.04. The van der Waals surface area contributed by atoms with Gasteiger partial charge in [-0.15, -0.1) is 0 Å². The Balaban J connectivity index is 0.00000154. The molecule has 0 fully saturated rings. The molecule has 3 rings (SSSR count). The summed E-state index contributed by atoms with van der Waals surface area (Å²) in [5.74, 6) is -0.0414. The molecule has 1 heterocycles. The molecular weight excluding hydrogens is 452 g/mol. The number of aryl methyl sites for hydroxylation is 1. The van der Waals surface area contributed by atoms with Crippen LogP contribution in [0.3, 0.4) is 0 Å². The van der Waals surface area contributed by atoms with Crippen LogP contribution in [0.25, 0.3) is 0 Å². The Hall–Kier alpha value is -3.38. The number of anilines is 1. The monoisotopic (exact) mass is 495 g/mol. The van der Waals surface area contributed by atoms with E-state index in [1.54, 1.807) is 0 Å². The summed E-state index contributed by atoms with van der Waals surface area (Å²) >= 11 is 0.